The van der Waals surface area contributed by atoms with Crippen molar-refractivity contribution in [1.82, 2.24) is 4.86 Å². The maximum absolute atomic E-state index is 13.3. The zero-order valence-electron chi connectivity index (χ0n) is 13.1. The zero-order chi connectivity index (χ0) is 16.3. The highest BCUT2D eigenvalue weighted by molar-refractivity contribution is 7.66. The van der Waals surface area contributed by atoms with Crippen LogP contribution in [0.2, 0.25) is 0 Å². The average molecular weight is 365 g/mol. The van der Waals surface area contributed by atoms with Crippen molar-refractivity contribution in [3.8, 4) is 0 Å². The molecule has 4 aliphatic rings. The van der Waals surface area contributed by atoms with Gasteiger partial charge >= 0.3 is 15.5 Å². The molecule has 9 heteroatoms. The maximum atomic E-state index is 13.3. The van der Waals surface area contributed by atoms with E-state index >= 15 is 0 Å². The molecular formula is C14H25NO6P2. The van der Waals surface area contributed by atoms with E-state index in [9.17, 15) is 18.9 Å². The molecule has 3 N–H and O–H groups in total. The van der Waals surface area contributed by atoms with Crippen LogP contribution in [0.3, 0.4) is 0 Å². The van der Waals surface area contributed by atoms with E-state index in [0.29, 0.717) is 11.8 Å². The highest BCUT2D eigenvalue weighted by Gasteiger charge is 2.55. The van der Waals surface area contributed by atoms with Gasteiger partial charge in [-0.3, -0.25) is 9.05 Å². The Morgan fingerprint density at radius 3 is 1.48 bits per heavy atom. The minimum Gasteiger partial charge on any atom is -0.312 e. The predicted molar refractivity (Wildman–Crippen MR) is 83.6 cm³/mol. The van der Waals surface area contributed by atoms with Gasteiger partial charge < -0.3 is 9.79 Å². The lowest BCUT2D eigenvalue weighted by atomic mass is 9.98. The van der Waals surface area contributed by atoms with Gasteiger partial charge in [-0.2, -0.15) is 0 Å². The lowest BCUT2D eigenvalue weighted by molar-refractivity contribution is 0.00596. The molecule has 4 saturated carbocycles. The Labute approximate surface area is 136 Å². The summed E-state index contributed by atoms with van der Waals surface area (Å²) in [5.74, 6) is 1.16. The molecule has 7 nitrogen and oxygen atoms in total. The van der Waals surface area contributed by atoms with Gasteiger partial charge in [-0.25, -0.2) is 9.13 Å². The van der Waals surface area contributed by atoms with Crippen molar-refractivity contribution in [2.75, 3.05) is 0 Å². The quantitative estimate of drug-likeness (QED) is 0.619. The molecule has 0 atom stereocenters. The van der Waals surface area contributed by atoms with E-state index in [0.717, 1.165) is 64.2 Å². The van der Waals surface area contributed by atoms with E-state index in [-0.39, 0.29) is 0 Å². The largest absolute Gasteiger partial charge is 0.416 e. The van der Waals surface area contributed by atoms with Crippen LogP contribution in [0.1, 0.15) is 64.2 Å². The summed E-state index contributed by atoms with van der Waals surface area (Å²) in [5, 5.41) is 0. The van der Waals surface area contributed by atoms with Gasteiger partial charge in [-0.15, -0.1) is 4.86 Å². The topological polar surface area (TPSA) is 105 Å². The first-order valence-electron chi connectivity index (χ1n) is 8.56. The van der Waals surface area contributed by atoms with Crippen molar-refractivity contribution in [3.63, 3.8) is 0 Å². The second kappa shape index (κ2) is 5.38. The van der Waals surface area contributed by atoms with Gasteiger partial charge in [0, 0.05) is 0 Å². The van der Waals surface area contributed by atoms with Crippen molar-refractivity contribution in [2.24, 2.45) is 11.8 Å². The average Bonchev–Trinajstić information content (AvgIpc) is 3.13. The Kier molecular flexibility index (Phi) is 3.91. The van der Waals surface area contributed by atoms with Gasteiger partial charge in [0.1, 0.15) is 0 Å². The molecule has 0 heterocycles. The zero-order valence-corrected chi connectivity index (χ0v) is 14.9. The molecule has 0 amide bonds. The molecule has 4 bridgehead atoms. The van der Waals surface area contributed by atoms with Crippen molar-refractivity contribution >= 4 is 15.5 Å². The molecule has 0 saturated heterocycles. The molecule has 0 aromatic heterocycles. The molecule has 4 rings (SSSR count). The first kappa shape index (κ1) is 16.7. The third-order valence-corrected chi connectivity index (χ3v) is 9.51. The van der Waals surface area contributed by atoms with E-state index in [1.165, 1.54) is 0 Å². The lowest BCUT2D eigenvalue weighted by Gasteiger charge is -2.36. The van der Waals surface area contributed by atoms with Gasteiger partial charge in [-0.1, -0.05) is 0 Å². The summed E-state index contributed by atoms with van der Waals surface area (Å²) in [6.07, 6.45) is 8.94. The normalized spacial score (nSPS) is 44.8. The fourth-order valence-electron chi connectivity index (χ4n) is 5.26. The molecule has 4 fully saturated rings. The number of hydrogen-bond donors (Lipinski definition) is 3. The fourth-order valence-corrected chi connectivity index (χ4v) is 8.44. The first-order chi connectivity index (χ1) is 10.7. The first-order valence-corrected chi connectivity index (χ1v) is 11.7. The van der Waals surface area contributed by atoms with Crippen LogP contribution in [0.25, 0.3) is 0 Å². The monoisotopic (exact) mass is 365 g/mol. The summed E-state index contributed by atoms with van der Waals surface area (Å²) in [4.78, 5) is 20.5. The summed E-state index contributed by atoms with van der Waals surface area (Å²) in [6.45, 7) is 0. The predicted octanol–water partition coefficient (Wildman–Crippen LogP) is 3.48. The second-order valence-electron chi connectivity index (χ2n) is 7.99. The number of hydrogen-bond acceptors (Lipinski definition) is 4. The Hall–Kier alpha value is 0.260. The smallest absolute Gasteiger partial charge is 0.312 e. The summed E-state index contributed by atoms with van der Waals surface area (Å²) >= 11 is 0. The van der Waals surface area contributed by atoms with E-state index < -0.39 is 26.7 Å². The molecule has 0 spiro atoms. The van der Waals surface area contributed by atoms with Crippen molar-refractivity contribution in [2.45, 2.75) is 75.4 Å². The molecule has 0 unspecified atom stereocenters. The second-order valence-corrected chi connectivity index (χ2v) is 11.2. The third kappa shape index (κ3) is 3.35. The van der Waals surface area contributed by atoms with Gasteiger partial charge in [0.15, 0.2) is 0 Å². The summed E-state index contributed by atoms with van der Waals surface area (Å²) in [6, 6.07) is 0. The van der Waals surface area contributed by atoms with E-state index in [4.69, 9.17) is 9.05 Å². The lowest BCUT2D eigenvalue weighted by Crippen LogP contribution is -2.33. The highest BCUT2D eigenvalue weighted by Crippen LogP contribution is 2.66. The summed E-state index contributed by atoms with van der Waals surface area (Å²) < 4.78 is 36.5. The van der Waals surface area contributed by atoms with Crippen LogP contribution in [0.5, 0.6) is 0 Å². The van der Waals surface area contributed by atoms with Crippen LogP contribution in [0, 0.1) is 11.8 Å². The van der Waals surface area contributed by atoms with Crippen molar-refractivity contribution in [3.05, 3.63) is 0 Å². The molecule has 0 radical (unpaired) electrons. The highest BCUT2D eigenvalue weighted by atomic mass is 31.3. The van der Waals surface area contributed by atoms with Gasteiger partial charge in [0.25, 0.3) is 0 Å². The number of rotatable bonds is 6. The van der Waals surface area contributed by atoms with Crippen LogP contribution in [0.15, 0.2) is 0 Å². The van der Waals surface area contributed by atoms with E-state index in [1.807, 2.05) is 4.86 Å². The standard InChI is InChI=1S/C14H25NO6P2/c16-22(17,18)15-23(19,20-13-5-1-11(9-13)2-6-13)21-14-7-3-12(10-14)4-8-14/h11-12H,1-10H2,(H3,15,16,17,18,19). The van der Waals surface area contributed by atoms with Crippen molar-refractivity contribution in [1.29, 1.82) is 0 Å². The Morgan fingerprint density at radius 2 is 1.22 bits per heavy atom. The number of fused-ring (bicyclic) bond motifs is 4. The van der Waals surface area contributed by atoms with Gasteiger partial charge in [0.2, 0.25) is 0 Å². The molecular weight excluding hydrogens is 340 g/mol. The number of nitrogens with one attached hydrogen (secondary N) is 1. The Balaban J connectivity index is 1.56. The Bertz CT molecular complexity index is 538. The Morgan fingerprint density at radius 1 is 0.826 bits per heavy atom. The van der Waals surface area contributed by atoms with Crippen LogP contribution in [0.4, 0.5) is 0 Å². The summed E-state index contributed by atoms with van der Waals surface area (Å²) in [7, 11) is -8.78. The van der Waals surface area contributed by atoms with E-state index in [2.05, 4.69) is 0 Å². The van der Waals surface area contributed by atoms with Gasteiger partial charge in [0.05, 0.1) is 11.2 Å². The van der Waals surface area contributed by atoms with Crippen LogP contribution < -0.4 is 4.86 Å². The molecule has 4 aliphatic carbocycles. The van der Waals surface area contributed by atoms with Crippen molar-refractivity contribution < 1.29 is 28.0 Å². The van der Waals surface area contributed by atoms with Crippen LogP contribution in [-0.2, 0) is 18.2 Å². The maximum Gasteiger partial charge on any atom is 0.416 e. The third-order valence-electron chi connectivity index (χ3n) is 6.23. The molecule has 23 heavy (non-hydrogen) atoms. The summed E-state index contributed by atoms with van der Waals surface area (Å²) in [5.41, 5.74) is -1.06. The molecule has 0 aromatic rings. The molecule has 0 aromatic carbocycles. The fraction of sp³-hybridized carbons (Fsp3) is 1.00. The molecule has 0 aliphatic heterocycles. The van der Waals surface area contributed by atoms with E-state index in [1.54, 1.807) is 0 Å². The van der Waals surface area contributed by atoms with Crippen LogP contribution in [-0.4, -0.2) is 21.0 Å². The molecule has 132 valence electrons. The van der Waals surface area contributed by atoms with Crippen LogP contribution >= 0.6 is 15.5 Å². The minimum atomic E-state index is -4.72. The van der Waals surface area contributed by atoms with Gasteiger partial charge in [-0.05, 0) is 76.0 Å². The SMILES string of the molecule is O=P(O)(O)NP(=O)(OC12CCC(CC1)C2)OC12CCC(CC1)C2. The minimum absolute atomic E-state index is 0.532.